The van der Waals surface area contributed by atoms with Crippen molar-refractivity contribution in [1.29, 1.82) is 0 Å². The van der Waals surface area contributed by atoms with Gasteiger partial charge >= 0.3 is 0 Å². The molecule has 2 aromatic rings. The van der Waals surface area contributed by atoms with E-state index in [1.165, 1.54) is 6.42 Å². The van der Waals surface area contributed by atoms with Crippen LogP contribution in [-0.4, -0.2) is 29.1 Å². The van der Waals surface area contributed by atoms with Gasteiger partial charge in [0.05, 0.1) is 5.69 Å². The van der Waals surface area contributed by atoms with Crippen molar-refractivity contribution in [2.24, 2.45) is 11.8 Å². The van der Waals surface area contributed by atoms with Crippen molar-refractivity contribution >= 4 is 11.6 Å². The third kappa shape index (κ3) is 3.92. The first-order valence-corrected chi connectivity index (χ1v) is 9.40. The number of nitrogens with one attached hydrogen (secondary N) is 1. The molecule has 1 aliphatic rings. The summed E-state index contributed by atoms with van der Waals surface area (Å²) in [6, 6.07) is 5.92. The normalized spacial score (nSPS) is 20.3. The number of anilines is 1. The van der Waals surface area contributed by atoms with Gasteiger partial charge in [0, 0.05) is 36.4 Å². The Bertz CT molecular complexity index is 767. The molecule has 1 aromatic carbocycles. The number of carbonyl (C=O) groups is 1. The van der Waals surface area contributed by atoms with Crippen molar-refractivity contribution in [2.45, 2.75) is 47.6 Å². The zero-order valence-corrected chi connectivity index (χ0v) is 16.4. The van der Waals surface area contributed by atoms with Crippen LogP contribution in [0.5, 0.6) is 0 Å². The SMILES string of the molecule is Cc1ccc(C(=O)N2CC(C)CC(C)C2)cc1NCc1c(C)noc1C. The van der Waals surface area contributed by atoms with Crippen LogP contribution >= 0.6 is 0 Å². The molecule has 0 aliphatic carbocycles. The summed E-state index contributed by atoms with van der Waals surface area (Å²) in [6.45, 7) is 12.7. The van der Waals surface area contributed by atoms with Gasteiger partial charge in [-0.2, -0.15) is 0 Å². The van der Waals surface area contributed by atoms with Crippen LogP contribution in [0.25, 0.3) is 0 Å². The number of likely N-dealkylation sites (tertiary alicyclic amines) is 1. The summed E-state index contributed by atoms with van der Waals surface area (Å²) in [5.74, 6) is 2.08. The molecule has 5 heteroatoms. The molecule has 1 aliphatic heterocycles. The van der Waals surface area contributed by atoms with Crippen LogP contribution < -0.4 is 5.32 Å². The van der Waals surface area contributed by atoms with E-state index in [1.807, 2.05) is 36.9 Å². The van der Waals surface area contributed by atoms with Crippen LogP contribution in [-0.2, 0) is 6.54 Å². The third-order valence-corrected chi connectivity index (χ3v) is 5.28. The Balaban J connectivity index is 1.75. The van der Waals surface area contributed by atoms with E-state index in [0.29, 0.717) is 18.4 Å². The van der Waals surface area contributed by atoms with E-state index < -0.39 is 0 Å². The molecular weight excluding hydrogens is 326 g/mol. The average Bonchev–Trinajstić information content (AvgIpc) is 2.91. The zero-order valence-electron chi connectivity index (χ0n) is 16.4. The Morgan fingerprint density at radius 2 is 1.92 bits per heavy atom. The quantitative estimate of drug-likeness (QED) is 0.887. The van der Waals surface area contributed by atoms with Gasteiger partial charge in [-0.05, 0) is 56.7 Å². The molecule has 1 aromatic heterocycles. The van der Waals surface area contributed by atoms with Gasteiger partial charge in [0.2, 0.25) is 0 Å². The lowest BCUT2D eigenvalue weighted by atomic mass is 9.91. The molecule has 2 heterocycles. The number of hydrogen-bond acceptors (Lipinski definition) is 4. The molecule has 5 nitrogen and oxygen atoms in total. The molecule has 0 radical (unpaired) electrons. The third-order valence-electron chi connectivity index (χ3n) is 5.28. The Morgan fingerprint density at radius 1 is 1.23 bits per heavy atom. The van der Waals surface area contributed by atoms with Crippen molar-refractivity contribution in [3.8, 4) is 0 Å². The number of benzene rings is 1. The summed E-state index contributed by atoms with van der Waals surface area (Å²) in [6.07, 6.45) is 1.20. The second-order valence-corrected chi connectivity index (χ2v) is 7.84. The lowest BCUT2D eigenvalue weighted by Gasteiger charge is -2.35. The van der Waals surface area contributed by atoms with Crippen molar-refractivity contribution in [1.82, 2.24) is 10.1 Å². The van der Waals surface area contributed by atoms with E-state index in [2.05, 4.69) is 31.2 Å². The van der Waals surface area contributed by atoms with E-state index in [1.54, 1.807) is 0 Å². The maximum atomic E-state index is 13.0. The van der Waals surface area contributed by atoms with Crippen LogP contribution in [0, 0.1) is 32.6 Å². The number of nitrogens with zero attached hydrogens (tertiary/aromatic N) is 2. The van der Waals surface area contributed by atoms with E-state index in [-0.39, 0.29) is 5.91 Å². The standard InChI is InChI=1S/C21H29N3O2/c1-13-8-14(2)12-24(11-13)21(25)18-7-6-15(3)20(9-18)22-10-19-16(4)23-26-17(19)5/h6-7,9,13-14,22H,8,10-12H2,1-5H3. The van der Waals surface area contributed by atoms with Gasteiger partial charge < -0.3 is 14.7 Å². The van der Waals surface area contributed by atoms with Crippen LogP contribution in [0.15, 0.2) is 22.7 Å². The lowest BCUT2D eigenvalue weighted by Crippen LogP contribution is -2.42. The predicted octanol–water partition coefficient (Wildman–Crippen LogP) is 4.33. The molecule has 1 fully saturated rings. The highest BCUT2D eigenvalue weighted by molar-refractivity contribution is 5.95. The van der Waals surface area contributed by atoms with Crippen molar-refractivity contribution in [2.75, 3.05) is 18.4 Å². The molecule has 0 bridgehead atoms. The van der Waals surface area contributed by atoms with E-state index in [9.17, 15) is 4.79 Å². The minimum atomic E-state index is 0.129. The number of carbonyl (C=O) groups excluding carboxylic acids is 1. The van der Waals surface area contributed by atoms with Gasteiger partial charge in [0.1, 0.15) is 5.76 Å². The first kappa shape index (κ1) is 18.5. The number of hydrogen-bond donors (Lipinski definition) is 1. The minimum Gasteiger partial charge on any atom is -0.381 e. The lowest BCUT2D eigenvalue weighted by molar-refractivity contribution is 0.0623. The average molecular weight is 355 g/mol. The second kappa shape index (κ2) is 7.52. The molecule has 3 rings (SSSR count). The van der Waals surface area contributed by atoms with Gasteiger partial charge in [-0.15, -0.1) is 0 Å². The number of aromatic nitrogens is 1. The van der Waals surface area contributed by atoms with Gasteiger partial charge in [-0.25, -0.2) is 0 Å². The molecule has 0 saturated carbocycles. The molecule has 140 valence electrons. The molecule has 2 unspecified atom stereocenters. The number of piperidine rings is 1. The minimum absolute atomic E-state index is 0.129. The second-order valence-electron chi connectivity index (χ2n) is 7.84. The molecule has 1 saturated heterocycles. The highest BCUT2D eigenvalue weighted by Crippen LogP contribution is 2.25. The summed E-state index contributed by atoms with van der Waals surface area (Å²) >= 11 is 0. The fourth-order valence-corrected chi connectivity index (χ4v) is 3.89. The summed E-state index contributed by atoms with van der Waals surface area (Å²) in [5, 5.41) is 7.44. The molecule has 1 N–H and O–H groups in total. The van der Waals surface area contributed by atoms with E-state index in [0.717, 1.165) is 46.9 Å². The Labute approximate surface area is 155 Å². The monoisotopic (exact) mass is 355 g/mol. The Hall–Kier alpha value is -2.30. The Morgan fingerprint density at radius 3 is 2.54 bits per heavy atom. The number of amides is 1. The van der Waals surface area contributed by atoms with Crippen LogP contribution in [0.3, 0.4) is 0 Å². The largest absolute Gasteiger partial charge is 0.381 e. The maximum absolute atomic E-state index is 13.0. The fourth-order valence-electron chi connectivity index (χ4n) is 3.89. The summed E-state index contributed by atoms with van der Waals surface area (Å²) in [5.41, 5.74) is 4.82. The number of rotatable bonds is 4. The van der Waals surface area contributed by atoms with Crippen molar-refractivity contribution < 1.29 is 9.32 Å². The van der Waals surface area contributed by atoms with E-state index in [4.69, 9.17) is 4.52 Å². The molecule has 2 atom stereocenters. The summed E-state index contributed by atoms with van der Waals surface area (Å²) < 4.78 is 5.22. The summed E-state index contributed by atoms with van der Waals surface area (Å²) in [7, 11) is 0. The predicted molar refractivity (Wildman–Crippen MR) is 103 cm³/mol. The maximum Gasteiger partial charge on any atom is 0.253 e. The smallest absolute Gasteiger partial charge is 0.253 e. The van der Waals surface area contributed by atoms with Gasteiger partial charge in [0.25, 0.3) is 5.91 Å². The van der Waals surface area contributed by atoms with Gasteiger partial charge in [-0.3, -0.25) is 4.79 Å². The van der Waals surface area contributed by atoms with Crippen LogP contribution in [0.4, 0.5) is 5.69 Å². The van der Waals surface area contributed by atoms with E-state index >= 15 is 0 Å². The van der Waals surface area contributed by atoms with Crippen LogP contribution in [0.2, 0.25) is 0 Å². The first-order valence-electron chi connectivity index (χ1n) is 9.40. The van der Waals surface area contributed by atoms with Crippen molar-refractivity contribution in [3.63, 3.8) is 0 Å². The number of aryl methyl sites for hydroxylation is 3. The van der Waals surface area contributed by atoms with Gasteiger partial charge in [-0.1, -0.05) is 25.1 Å². The van der Waals surface area contributed by atoms with Gasteiger partial charge in [0.15, 0.2) is 0 Å². The molecule has 0 spiro atoms. The Kier molecular flexibility index (Phi) is 5.35. The van der Waals surface area contributed by atoms with Crippen molar-refractivity contribution in [3.05, 3.63) is 46.3 Å². The zero-order chi connectivity index (χ0) is 18.8. The highest BCUT2D eigenvalue weighted by Gasteiger charge is 2.26. The van der Waals surface area contributed by atoms with Crippen LogP contribution in [0.1, 0.15) is 53.2 Å². The highest BCUT2D eigenvalue weighted by atomic mass is 16.5. The molecular formula is C21H29N3O2. The summed E-state index contributed by atoms with van der Waals surface area (Å²) in [4.78, 5) is 15.0. The molecule has 26 heavy (non-hydrogen) atoms. The topological polar surface area (TPSA) is 58.4 Å². The molecule has 1 amide bonds. The first-order chi connectivity index (χ1) is 12.3. The fraction of sp³-hybridized carbons (Fsp3) is 0.524.